The standard InChI is InChI=1S/C12H10N2O3S.C9H19NO/c1-7-9(11(16)17)18-12(13-7)14-10(15)8-5-3-2-4-6-8;1-3-4-5-8-11-10(2)9-6-7-9/h2-6H,1H3,(H,16,17)(H,13,14,15);9H,3-8H2,1-2H3. The zero-order chi connectivity index (χ0) is 21.2. The van der Waals surface area contributed by atoms with Gasteiger partial charge in [0.25, 0.3) is 5.91 Å². The highest BCUT2D eigenvalue weighted by atomic mass is 32.1. The molecule has 0 saturated heterocycles. The van der Waals surface area contributed by atoms with Crippen LogP contribution in [-0.2, 0) is 4.84 Å². The molecule has 2 aromatic rings. The molecular formula is C21H29N3O4S. The first-order chi connectivity index (χ1) is 13.9. The second-order valence-electron chi connectivity index (χ2n) is 6.88. The number of anilines is 1. The molecule has 8 heteroatoms. The molecule has 158 valence electrons. The van der Waals surface area contributed by atoms with E-state index in [2.05, 4.69) is 17.2 Å². The van der Waals surface area contributed by atoms with Gasteiger partial charge in [-0.3, -0.25) is 14.9 Å². The van der Waals surface area contributed by atoms with E-state index in [4.69, 9.17) is 9.94 Å². The maximum atomic E-state index is 11.8. The van der Waals surface area contributed by atoms with E-state index < -0.39 is 5.97 Å². The van der Waals surface area contributed by atoms with E-state index in [1.165, 1.54) is 32.1 Å². The van der Waals surface area contributed by atoms with Gasteiger partial charge in [0.05, 0.1) is 12.3 Å². The lowest BCUT2D eigenvalue weighted by molar-refractivity contribution is -0.147. The van der Waals surface area contributed by atoms with E-state index in [1.807, 2.05) is 18.2 Å². The lowest BCUT2D eigenvalue weighted by Crippen LogP contribution is -2.21. The maximum Gasteiger partial charge on any atom is 0.347 e. The van der Waals surface area contributed by atoms with Gasteiger partial charge in [-0.05, 0) is 38.3 Å². The molecule has 1 saturated carbocycles. The first-order valence-corrected chi connectivity index (χ1v) is 10.7. The topological polar surface area (TPSA) is 91.8 Å². The fraction of sp³-hybridized carbons (Fsp3) is 0.476. The molecule has 1 aliphatic carbocycles. The van der Waals surface area contributed by atoms with E-state index in [1.54, 1.807) is 31.2 Å². The number of hydrogen-bond acceptors (Lipinski definition) is 6. The number of nitrogens with one attached hydrogen (secondary N) is 1. The number of carbonyl (C=O) groups is 2. The summed E-state index contributed by atoms with van der Waals surface area (Å²) < 4.78 is 0. The number of carboxylic acids is 1. The third kappa shape index (κ3) is 7.92. The van der Waals surface area contributed by atoms with Crippen LogP contribution in [0.1, 0.15) is 64.8 Å². The molecule has 0 bridgehead atoms. The first-order valence-electron chi connectivity index (χ1n) is 9.85. The van der Waals surface area contributed by atoms with Crippen molar-refractivity contribution in [2.24, 2.45) is 0 Å². The van der Waals surface area contributed by atoms with Crippen LogP contribution in [0.3, 0.4) is 0 Å². The SMILES string of the molecule is CCCCCON(C)C1CC1.Cc1nc(NC(=O)c2ccccc2)sc1C(=O)O. The number of hydroxylamine groups is 2. The number of carboxylic acid groups (broad SMARTS) is 1. The van der Waals surface area contributed by atoms with Crippen molar-refractivity contribution in [1.82, 2.24) is 10.0 Å². The Bertz CT molecular complexity index is 790. The second kappa shape index (κ2) is 11.6. The summed E-state index contributed by atoms with van der Waals surface area (Å²) in [6.07, 6.45) is 6.41. The molecule has 0 radical (unpaired) electrons. The van der Waals surface area contributed by atoms with E-state index in [0.717, 1.165) is 24.0 Å². The molecule has 1 aliphatic rings. The molecule has 0 atom stereocenters. The molecule has 1 fully saturated rings. The number of aryl methyl sites for hydroxylation is 1. The number of aromatic nitrogens is 1. The van der Waals surface area contributed by atoms with Crippen molar-refractivity contribution >= 4 is 28.3 Å². The van der Waals surface area contributed by atoms with Gasteiger partial charge in [-0.2, -0.15) is 5.06 Å². The van der Waals surface area contributed by atoms with Gasteiger partial charge in [0.2, 0.25) is 0 Å². The predicted molar refractivity (Wildman–Crippen MR) is 114 cm³/mol. The van der Waals surface area contributed by atoms with Gasteiger partial charge in [-0.1, -0.05) is 49.3 Å². The Balaban J connectivity index is 0.000000234. The van der Waals surface area contributed by atoms with Crippen LogP contribution in [0.4, 0.5) is 5.13 Å². The Labute approximate surface area is 175 Å². The van der Waals surface area contributed by atoms with E-state index in [-0.39, 0.29) is 10.8 Å². The number of amides is 1. The highest BCUT2D eigenvalue weighted by molar-refractivity contribution is 7.17. The predicted octanol–water partition coefficient (Wildman–Crippen LogP) is 4.60. The van der Waals surface area contributed by atoms with E-state index >= 15 is 0 Å². The van der Waals surface area contributed by atoms with Crippen molar-refractivity contribution < 1.29 is 19.5 Å². The summed E-state index contributed by atoms with van der Waals surface area (Å²) >= 11 is 0.948. The quantitative estimate of drug-likeness (QED) is 0.456. The average molecular weight is 420 g/mol. The first kappa shape index (κ1) is 23.0. The fourth-order valence-corrected chi connectivity index (χ4v) is 3.31. The largest absolute Gasteiger partial charge is 0.477 e. The van der Waals surface area contributed by atoms with Crippen LogP contribution < -0.4 is 5.32 Å². The Morgan fingerprint density at radius 1 is 1.28 bits per heavy atom. The number of benzene rings is 1. The number of aromatic carboxylic acids is 1. The number of rotatable bonds is 9. The van der Waals surface area contributed by atoms with Crippen LogP contribution in [0.2, 0.25) is 0 Å². The molecule has 1 aromatic carbocycles. The lowest BCUT2D eigenvalue weighted by atomic mass is 10.2. The van der Waals surface area contributed by atoms with Crippen molar-refractivity contribution in [3.8, 4) is 0 Å². The molecule has 0 unspecified atom stereocenters. The number of carbonyl (C=O) groups excluding carboxylic acids is 1. The molecule has 1 heterocycles. The maximum absolute atomic E-state index is 11.8. The third-order valence-corrected chi connectivity index (χ3v) is 5.41. The summed E-state index contributed by atoms with van der Waals surface area (Å²) in [6.45, 7) is 4.71. The van der Waals surface area contributed by atoms with E-state index in [0.29, 0.717) is 16.4 Å². The smallest absolute Gasteiger partial charge is 0.347 e. The highest BCUT2D eigenvalue weighted by Gasteiger charge is 2.26. The Kier molecular flexibility index (Phi) is 9.24. The molecule has 1 aromatic heterocycles. The van der Waals surface area contributed by atoms with Gasteiger partial charge >= 0.3 is 5.97 Å². The second-order valence-corrected chi connectivity index (χ2v) is 7.88. The van der Waals surface area contributed by atoms with Crippen LogP contribution in [0, 0.1) is 6.92 Å². The van der Waals surface area contributed by atoms with Crippen molar-refractivity contribution in [3.63, 3.8) is 0 Å². The third-order valence-electron chi connectivity index (χ3n) is 4.35. The summed E-state index contributed by atoms with van der Waals surface area (Å²) in [6, 6.07) is 9.40. The van der Waals surface area contributed by atoms with Crippen molar-refractivity contribution in [3.05, 3.63) is 46.5 Å². The summed E-state index contributed by atoms with van der Waals surface area (Å²) in [7, 11) is 2.05. The summed E-state index contributed by atoms with van der Waals surface area (Å²) in [5, 5.41) is 13.8. The zero-order valence-electron chi connectivity index (χ0n) is 17.2. The number of unbranched alkanes of at least 4 members (excludes halogenated alkanes) is 2. The summed E-state index contributed by atoms with van der Waals surface area (Å²) in [4.78, 5) is 32.3. The van der Waals surface area contributed by atoms with Crippen LogP contribution in [0.5, 0.6) is 0 Å². The number of thiazole rings is 1. The monoisotopic (exact) mass is 419 g/mol. The van der Waals surface area contributed by atoms with Crippen LogP contribution in [0.15, 0.2) is 30.3 Å². The minimum absolute atomic E-state index is 0.137. The summed E-state index contributed by atoms with van der Waals surface area (Å²) in [5.41, 5.74) is 0.901. The van der Waals surface area contributed by atoms with Gasteiger partial charge in [-0.15, -0.1) is 0 Å². The lowest BCUT2D eigenvalue weighted by Gasteiger charge is -2.14. The van der Waals surface area contributed by atoms with Gasteiger partial charge < -0.3 is 5.11 Å². The Morgan fingerprint density at radius 2 is 1.97 bits per heavy atom. The molecule has 29 heavy (non-hydrogen) atoms. The molecule has 0 spiro atoms. The highest BCUT2D eigenvalue weighted by Crippen LogP contribution is 2.25. The molecule has 0 aliphatic heterocycles. The van der Waals surface area contributed by atoms with Crippen LogP contribution in [0.25, 0.3) is 0 Å². The van der Waals surface area contributed by atoms with Gasteiger partial charge in [0.15, 0.2) is 5.13 Å². The Morgan fingerprint density at radius 3 is 2.52 bits per heavy atom. The molecule has 2 N–H and O–H groups in total. The van der Waals surface area contributed by atoms with Gasteiger partial charge in [-0.25, -0.2) is 9.78 Å². The van der Waals surface area contributed by atoms with Crippen molar-refractivity contribution in [1.29, 1.82) is 0 Å². The van der Waals surface area contributed by atoms with Crippen LogP contribution in [-0.4, -0.2) is 46.7 Å². The number of hydrogen-bond donors (Lipinski definition) is 2. The summed E-state index contributed by atoms with van der Waals surface area (Å²) in [5.74, 6) is -1.34. The molecular weight excluding hydrogens is 390 g/mol. The molecule has 7 nitrogen and oxygen atoms in total. The van der Waals surface area contributed by atoms with Gasteiger partial charge in [0, 0.05) is 18.7 Å². The fourth-order valence-electron chi connectivity index (χ4n) is 2.51. The minimum Gasteiger partial charge on any atom is -0.477 e. The Hall–Kier alpha value is -2.29. The molecule has 3 rings (SSSR count). The van der Waals surface area contributed by atoms with E-state index in [9.17, 15) is 9.59 Å². The minimum atomic E-state index is -1.04. The van der Waals surface area contributed by atoms with Crippen molar-refractivity contribution in [2.45, 2.75) is 52.0 Å². The zero-order valence-corrected chi connectivity index (χ0v) is 18.0. The number of nitrogens with zero attached hydrogens (tertiary/aromatic N) is 2. The normalized spacial score (nSPS) is 13.0. The molecule has 1 amide bonds. The van der Waals surface area contributed by atoms with Crippen LogP contribution >= 0.6 is 11.3 Å². The average Bonchev–Trinajstić information content (AvgIpc) is 3.49. The van der Waals surface area contributed by atoms with Crippen molar-refractivity contribution in [2.75, 3.05) is 19.0 Å². The van der Waals surface area contributed by atoms with Gasteiger partial charge in [0.1, 0.15) is 4.88 Å².